The summed E-state index contributed by atoms with van der Waals surface area (Å²) in [5.41, 5.74) is 8.85. The monoisotopic (exact) mass is 301 g/mol. The summed E-state index contributed by atoms with van der Waals surface area (Å²) < 4.78 is 2.93. The first-order valence-electron chi connectivity index (χ1n) is 5.71. The molecule has 0 unspecified atom stereocenters. The van der Waals surface area contributed by atoms with E-state index in [4.69, 9.17) is 5.73 Å². The lowest BCUT2D eigenvalue weighted by Gasteiger charge is -2.07. The summed E-state index contributed by atoms with van der Waals surface area (Å²) in [4.78, 5) is 0. The molecule has 3 rings (SSSR count). The van der Waals surface area contributed by atoms with Gasteiger partial charge in [-0.1, -0.05) is 24.3 Å². The van der Waals surface area contributed by atoms with Crippen LogP contribution >= 0.6 is 15.9 Å². The van der Waals surface area contributed by atoms with Crippen LogP contribution in [0.3, 0.4) is 0 Å². The number of para-hydroxylation sites is 1. The van der Waals surface area contributed by atoms with Crippen molar-refractivity contribution in [1.82, 2.24) is 9.78 Å². The molecule has 0 saturated heterocycles. The van der Waals surface area contributed by atoms with Crippen molar-refractivity contribution in [1.29, 1.82) is 0 Å². The molecule has 0 fully saturated rings. The number of fused-ring (bicyclic) bond motifs is 1. The normalized spacial score (nSPS) is 11.0. The number of benzene rings is 2. The molecule has 2 N–H and O–H groups in total. The zero-order valence-corrected chi connectivity index (χ0v) is 11.3. The van der Waals surface area contributed by atoms with E-state index in [0.29, 0.717) is 6.54 Å². The molecule has 0 bridgehead atoms. The van der Waals surface area contributed by atoms with Crippen LogP contribution in [0.1, 0.15) is 5.56 Å². The SMILES string of the molecule is NCc1ccc(-n2ncc3ccccc32)c(Br)c1. The van der Waals surface area contributed by atoms with Gasteiger partial charge in [0.15, 0.2) is 0 Å². The third-order valence-corrected chi connectivity index (χ3v) is 3.59. The highest BCUT2D eigenvalue weighted by Crippen LogP contribution is 2.25. The lowest BCUT2D eigenvalue weighted by Crippen LogP contribution is -2.00. The molecule has 2 aromatic carbocycles. The Bertz CT molecular complexity index is 703. The molecule has 0 amide bonds. The van der Waals surface area contributed by atoms with Gasteiger partial charge in [0.2, 0.25) is 0 Å². The van der Waals surface area contributed by atoms with Crippen molar-refractivity contribution in [3.05, 3.63) is 58.7 Å². The number of halogens is 1. The fourth-order valence-electron chi connectivity index (χ4n) is 2.01. The van der Waals surface area contributed by atoms with E-state index < -0.39 is 0 Å². The van der Waals surface area contributed by atoms with Crippen molar-refractivity contribution < 1.29 is 0 Å². The van der Waals surface area contributed by atoms with E-state index >= 15 is 0 Å². The molecule has 3 nitrogen and oxygen atoms in total. The van der Waals surface area contributed by atoms with Gasteiger partial charge in [-0.3, -0.25) is 0 Å². The Morgan fingerprint density at radius 2 is 2.00 bits per heavy atom. The van der Waals surface area contributed by atoms with Gasteiger partial charge in [0.25, 0.3) is 0 Å². The molecule has 0 aliphatic rings. The van der Waals surface area contributed by atoms with Crippen LogP contribution < -0.4 is 5.73 Å². The highest BCUT2D eigenvalue weighted by atomic mass is 79.9. The van der Waals surface area contributed by atoms with E-state index in [2.05, 4.69) is 33.2 Å². The number of hydrogen-bond acceptors (Lipinski definition) is 2. The van der Waals surface area contributed by atoms with E-state index in [0.717, 1.165) is 26.6 Å². The number of aromatic nitrogens is 2. The molecule has 1 aromatic heterocycles. The predicted octanol–water partition coefficient (Wildman–Crippen LogP) is 3.25. The highest BCUT2D eigenvalue weighted by Gasteiger charge is 2.07. The standard InChI is InChI=1S/C14H12BrN3/c15-12-7-10(8-16)5-6-14(12)18-13-4-2-1-3-11(13)9-17-18/h1-7,9H,8,16H2. The van der Waals surface area contributed by atoms with E-state index in [9.17, 15) is 0 Å². The van der Waals surface area contributed by atoms with Crippen molar-refractivity contribution in [2.24, 2.45) is 5.73 Å². The first-order valence-corrected chi connectivity index (χ1v) is 6.50. The molecule has 1 heterocycles. The van der Waals surface area contributed by atoms with Gasteiger partial charge in [0.05, 0.1) is 17.4 Å². The molecule has 0 aliphatic carbocycles. The molecule has 0 saturated carbocycles. The van der Waals surface area contributed by atoms with E-state index in [1.807, 2.05) is 41.2 Å². The van der Waals surface area contributed by atoms with Crippen LogP contribution in [0.15, 0.2) is 53.1 Å². The van der Waals surface area contributed by atoms with E-state index in [-0.39, 0.29) is 0 Å². The maximum absolute atomic E-state index is 5.63. The number of nitrogens with zero attached hydrogens (tertiary/aromatic N) is 2. The minimum Gasteiger partial charge on any atom is -0.326 e. The summed E-state index contributed by atoms with van der Waals surface area (Å²) in [5.74, 6) is 0. The zero-order valence-electron chi connectivity index (χ0n) is 9.68. The number of rotatable bonds is 2. The smallest absolute Gasteiger partial charge is 0.0795 e. The predicted molar refractivity (Wildman–Crippen MR) is 76.7 cm³/mol. The van der Waals surface area contributed by atoms with Gasteiger partial charge >= 0.3 is 0 Å². The van der Waals surface area contributed by atoms with Gasteiger partial charge in [-0.05, 0) is 39.7 Å². The second-order valence-electron chi connectivity index (χ2n) is 4.11. The summed E-state index contributed by atoms with van der Waals surface area (Å²) in [6.07, 6.45) is 1.87. The molecule has 18 heavy (non-hydrogen) atoms. The van der Waals surface area contributed by atoms with Crippen LogP contribution in [0.25, 0.3) is 16.6 Å². The summed E-state index contributed by atoms with van der Waals surface area (Å²) in [7, 11) is 0. The molecule has 90 valence electrons. The quantitative estimate of drug-likeness (QED) is 0.789. The Morgan fingerprint density at radius 3 is 2.78 bits per heavy atom. The minimum atomic E-state index is 0.540. The molecular weight excluding hydrogens is 290 g/mol. The Labute approximate surface area is 113 Å². The van der Waals surface area contributed by atoms with E-state index in [1.165, 1.54) is 0 Å². The summed E-state index contributed by atoms with van der Waals surface area (Å²) in [6.45, 7) is 0.540. The molecule has 0 atom stereocenters. The van der Waals surface area contributed by atoms with Gasteiger partial charge in [0, 0.05) is 16.4 Å². The van der Waals surface area contributed by atoms with Crippen LogP contribution in [-0.2, 0) is 6.54 Å². The van der Waals surface area contributed by atoms with Crippen LogP contribution in [0.5, 0.6) is 0 Å². The van der Waals surface area contributed by atoms with E-state index in [1.54, 1.807) is 0 Å². The van der Waals surface area contributed by atoms with Crippen LogP contribution in [0.4, 0.5) is 0 Å². The van der Waals surface area contributed by atoms with Gasteiger partial charge in [-0.25, -0.2) is 4.68 Å². The number of nitrogens with two attached hydrogens (primary N) is 1. The molecule has 3 aromatic rings. The highest BCUT2D eigenvalue weighted by molar-refractivity contribution is 9.10. The lowest BCUT2D eigenvalue weighted by molar-refractivity contribution is 0.903. The summed E-state index contributed by atoms with van der Waals surface area (Å²) in [6, 6.07) is 14.2. The van der Waals surface area contributed by atoms with Crippen molar-refractivity contribution in [3.63, 3.8) is 0 Å². The van der Waals surface area contributed by atoms with Gasteiger partial charge < -0.3 is 5.73 Å². The average Bonchev–Trinajstić information content (AvgIpc) is 2.82. The number of hydrogen-bond donors (Lipinski definition) is 1. The van der Waals surface area contributed by atoms with Gasteiger partial charge in [0.1, 0.15) is 0 Å². The first kappa shape index (κ1) is 11.4. The third kappa shape index (κ3) is 1.83. The Hall–Kier alpha value is -1.65. The van der Waals surface area contributed by atoms with Crippen molar-refractivity contribution in [2.45, 2.75) is 6.54 Å². The average molecular weight is 302 g/mol. The first-order chi connectivity index (χ1) is 8.79. The van der Waals surface area contributed by atoms with Crippen molar-refractivity contribution >= 4 is 26.8 Å². The van der Waals surface area contributed by atoms with Crippen molar-refractivity contribution in [3.8, 4) is 5.69 Å². The lowest BCUT2D eigenvalue weighted by atomic mass is 10.2. The van der Waals surface area contributed by atoms with Gasteiger partial charge in [-0.2, -0.15) is 5.10 Å². The van der Waals surface area contributed by atoms with Crippen LogP contribution in [0.2, 0.25) is 0 Å². The van der Waals surface area contributed by atoms with Gasteiger partial charge in [-0.15, -0.1) is 0 Å². The Kier molecular flexibility index (Phi) is 2.89. The Morgan fingerprint density at radius 1 is 1.17 bits per heavy atom. The maximum Gasteiger partial charge on any atom is 0.0795 e. The second-order valence-corrected chi connectivity index (χ2v) is 4.96. The van der Waals surface area contributed by atoms with Crippen LogP contribution in [-0.4, -0.2) is 9.78 Å². The fraction of sp³-hybridized carbons (Fsp3) is 0.0714. The topological polar surface area (TPSA) is 43.8 Å². The molecule has 0 spiro atoms. The molecule has 0 radical (unpaired) electrons. The minimum absolute atomic E-state index is 0.540. The molecule has 0 aliphatic heterocycles. The molecular formula is C14H12BrN3. The van der Waals surface area contributed by atoms with Crippen molar-refractivity contribution in [2.75, 3.05) is 0 Å². The largest absolute Gasteiger partial charge is 0.326 e. The fourth-order valence-corrected chi connectivity index (χ4v) is 2.61. The summed E-state index contributed by atoms with van der Waals surface area (Å²) in [5, 5.41) is 5.57. The summed E-state index contributed by atoms with van der Waals surface area (Å²) >= 11 is 3.58. The molecule has 4 heteroatoms. The van der Waals surface area contributed by atoms with Crippen LogP contribution in [0, 0.1) is 0 Å². The second kappa shape index (κ2) is 4.55. The zero-order chi connectivity index (χ0) is 12.5. The Balaban J connectivity index is 2.20. The maximum atomic E-state index is 5.63. The third-order valence-electron chi connectivity index (χ3n) is 2.95.